The van der Waals surface area contributed by atoms with Crippen molar-refractivity contribution >= 4 is 11.7 Å². The minimum Gasteiger partial charge on any atom is -0.480 e. The van der Waals surface area contributed by atoms with Gasteiger partial charge in [-0.2, -0.15) is 0 Å². The Morgan fingerprint density at radius 3 is 2.69 bits per heavy atom. The van der Waals surface area contributed by atoms with Crippen LogP contribution in [0.4, 0.5) is 5.69 Å². The van der Waals surface area contributed by atoms with Gasteiger partial charge in [-0.3, -0.25) is 0 Å². The first kappa shape index (κ1) is 11.0. The van der Waals surface area contributed by atoms with E-state index in [4.69, 9.17) is 5.11 Å². The minimum atomic E-state index is -0.784. The number of aliphatic carboxylic acids is 1. The number of hydrogen-bond acceptors (Lipinski definition) is 2. The first-order valence-corrected chi connectivity index (χ1v) is 5.50. The van der Waals surface area contributed by atoms with Crippen LogP contribution in [0.3, 0.4) is 0 Å². The second kappa shape index (κ2) is 3.51. The molecule has 3 nitrogen and oxygen atoms in total. The molecule has 2 N–H and O–H groups in total. The van der Waals surface area contributed by atoms with Gasteiger partial charge in [0.2, 0.25) is 0 Å². The molecule has 0 radical (unpaired) electrons. The summed E-state index contributed by atoms with van der Waals surface area (Å²) in [5.74, 6) is -0.784. The fourth-order valence-corrected chi connectivity index (χ4v) is 1.96. The van der Waals surface area contributed by atoms with Crippen molar-refractivity contribution in [3.8, 4) is 0 Å². The molecule has 0 spiro atoms. The van der Waals surface area contributed by atoms with Crippen molar-refractivity contribution in [1.82, 2.24) is 0 Å². The van der Waals surface area contributed by atoms with Gasteiger partial charge in [0.25, 0.3) is 0 Å². The van der Waals surface area contributed by atoms with Crippen molar-refractivity contribution in [3.63, 3.8) is 0 Å². The summed E-state index contributed by atoms with van der Waals surface area (Å²) in [6.45, 7) is 6.45. The van der Waals surface area contributed by atoms with E-state index in [1.54, 1.807) is 0 Å². The highest BCUT2D eigenvalue weighted by atomic mass is 16.4. The van der Waals surface area contributed by atoms with Gasteiger partial charge in [0.15, 0.2) is 0 Å². The molecule has 1 aliphatic rings. The van der Waals surface area contributed by atoms with Crippen LogP contribution in [-0.4, -0.2) is 17.1 Å². The normalized spacial score (nSPS) is 19.1. The zero-order chi connectivity index (χ0) is 11.9. The molecule has 1 aliphatic heterocycles. The zero-order valence-corrected chi connectivity index (χ0v) is 9.87. The van der Waals surface area contributed by atoms with Crippen molar-refractivity contribution in [1.29, 1.82) is 0 Å². The fourth-order valence-electron chi connectivity index (χ4n) is 1.96. The zero-order valence-electron chi connectivity index (χ0n) is 9.87. The summed E-state index contributed by atoms with van der Waals surface area (Å²) in [5.41, 5.74) is 3.39. The first-order valence-electron chi connectivity index (χ1n) is 5.50. The molecule has 1 atom stereocenters. The summed E-state index contributed by atoms with van der Waals surface area (Å²) in [6.07, 6.45) is 0.578. The van der Waals surface area contributed by atoms with Crippen LogP contribution in [0.1, 0.15) is 31.9 Å². The van der Waals surface area contributed by atoms with E-state index in [0.29, 0.717) is 6.42 Å². The summed E-state index contributed by atoms with van der Waals surface area (Å²) in [7, 11) is 0. The highest BCUT2D eigenvalue weighted by Gasteiger charge is 2.27. The molecule has 0 amide bonds. The lowest BCUT2D eigenvalue weighted by molar-refractivity contribution is -0.137. The number of fused-ring (bicyclic) bond motifs is 1. The van der Waals surface area contributed by atoms with E-state index in [2.05, 4.69) is 38.2 Å². The van der Waals surface area contributed by atoms with Gasteiger partial charge in [0.05, 0.1) is 0 Å². The second-order valence-corrected chi connectivity index (χ2v) is 5.36. The first-order chi connectivity index (χ1) is 7.38. The monoisotopic (exact) mass is 219 g/mol. The number of anilines is 1. The van der Waals surface area contributed by atoms with Crippen molar-refractivity contribution in [2.24, 2.45) is 0 Å². The average Bonchev–Trinajstić information content (AvgIpc) is 2.58. The van der Waals surface area contributed by atoms with E-state index in [1.165, 1.54) is 5.56 Å². The molecule has 86 valence electrons. The molecule has 1 heterocycles. The smallest absolute Gasteiger partial charge is 0.326 e. The van der Waals surface area contributed by atoms with Gasteiger partial charge in [-0.15, -0.1) is 0 Å². The molecule has 3 heteroatoms. The molecule has 1 unspecified atom stereocenters. The van der Waals surface area contributed by atoms with Crippen molar-refractivity contribution in [2.45, 2.75) is 38.6 Å². The van der Waals surface area contributed by atoms with E-state index in [9.17, 15) is 4.79 Å². The number of rotatable bonds is 1. The van der Waals surface area contributed by atoms with Gasteiger partial charge in [-0.1, -0.05) is 32.9 Å². The molecule has 0 aliphatic carbocycles. The maximum atomic E-state index is 10.9. The Labute approximate surface area is 95.5 Å². The quantitative estimate of drug-likeness (QED) is 0.762. The van der Waals surface area contributed by atoms with Crippen LogP contribution in [0.2, 0.25) is 0 Å². The highest BCUT2D eigenvalue weighted by molar-refractivity contribution is 5.81. The lowest BCUT2D eigenvalue weighted by Crippen LogP contribution is -2.26. The third-order valence-electron chi connectivity index (χ3n) is 3.03. The van der Waals surface area contributed by atoms with Gasteiger partial charge in [0.1, 0.15) is 6.04 Å². The third kappa shape index (κ3) is 1.90. The SMILES string of the molecule is CC(C)(C)c1ccc2c(c1)NC(C(=O)O)C2. The largest absolute Gasteiger partial charge is 0.480 e. The van der Waals surface area contributed by atoms with Crippen LogP contribution in [0, 0.1) is 0 Å². The molecule has 0 saturated carbocycles. The van der Waals surface area contributed by atoms with E-state index < -0.39 is 12.0 Å². The van der Waals surface area contributed by atoms with Crippen molar-refractivity contribution < 1.29 is 9.90 Å². The number of hydrogen-bond donors (Lipinski definition) is 2. The lowest BCUT2D eigenvalue weighted by atomic mass is 9.86. The summed E-state index contributed by atoms with van der Waals surface area (Å²) in [6, 6.07) is 5.72. The van der Waals surface area contributed by atoms with Crippen molar-refractivity contribution in [2.75, 3.05) is 5.32 Å². The Hall–Kier alpha value is -1.51. The number of carbonyl (C=O) groups is 1. The maximum absolute atomic E-state index is 10.9. The van der Waals surface area contributed by atoms with Crippen molar-refractivity contribution in [3.05, 3.63) is 29.3 Å². The molecule has 2 rings (SSSR count). The van der Waals surface area contributed by atoms with Gasteiger partial charge in [-0.25, -0.2) is 4.79 Å². The highest BCUT2D eigenvalue weighted by Crippen LogP contribution is 2.31. The molecule has 0 aromatic heterocycles. The van der Waals surface area contributed by atoms with Gasteiger partial charge < -0.3 is 10.4 Å². The Bertz CT molecular complexity index is 432. The predicted molar refractivity (Wildman–Crippen MR) is 63.9 cm³/mol. The van der Waals surface area contributed by atoms with Crippen LogP contribution in [0.25, 0.3) is 0 Å². The predicted octanol–water partition coefficient (Wildman–Crippen LogP) is 2.41. The summed E-state index contributed by atoms with van der Waals surface area (Å²) < 4.78 is 0. The fraction of sp³-hybridized carbons (Fsp3) is 0.462. The summed E-state index contributed by atoms with van der Waals surface area (Å²) in [5, 5.41) is 12.0. The number of carboxylic acid groups (broad SMARTS) is 1. The molecular formula is C13H17NO2. The topological polar surface area (TPSA) is 49.3 Å². The van der Waals surface area contributed by atoms with Crippen LogP contribution in [-0.2, 0) is 16.6 Å². The van der Waals surface area contributed by atoms with Crippen LogP contribution in [0.5, 0.6) is 0 Å². The molecule has 1 aromatic carbocycles. The molecule has 0 saturated heterocycles. The Morgan fingerprint density at radius 2 is 2.12 bits per heavy atom. The molecule has 0 bridgehead atoms. The lowest BCUT2D eigenvalue weighted by Gasteiger charge is -2.19. The summed E-state index contributed by atoms with van der Waals surface area (Å²) in [4.78, 5) is 10.9. The molecule has 1 aromatic rings. The van der Waals surface area contributed by atoms with E-state index >= 15 is 0 Å². The standard InChI is InChI=1S/C13H17NO2/c1-13(2,3)9-5-4-8-6-11(12(15)16)14-10(8)7-9/h4-5,7,11,14H,6H2,1-3H3,(H,15,16). The number of nitrogens with one attached hydrogen (secondary N) is 1. The van der Waals surface area contributed by atoms with E-state index in [-0.39, 0.29) is 5.41 Å². The molecule has 16 heavy (non-hydrogen) atoms. The van der Waals surface area contributed by atoms with Gasteiger partial charge in [-0.05, 0) is 22.6 Å². The molecular weight excluding hydrogens is 202 g/mol. The van der Waals surface area contributed by atoms with E-state index in [0.717, 1.165) is 11.3 Å². The minimum absolute atomic E-state index is 0.0953. The van der Waals surface area contributed by atoms with Crippen LogP contribution < -0.4 is 5.32 Å². The number of benzene rings is 1. The van der Waals surface area contributed by atoms with Crippen LogP contribution in [0.15, 0.2) is 18.2 Å². The van der Waals surface area contributed by atoms with E-state index in [1.807, 2.05) is 6.07 Å². The summed E-state index contributed by atoms with van der Waals surface area (Å²) >= 11 is 0. The Morgan fingerprint density at radius 1 is 1.44 bits per heavy atom. The number of carboxylic acids is 1. The Kier molecular flexibility index (Phi) is 2.41. The second-order valence-electron chi connectivity index (χ2n) is 5.36. The van der Waals surface area contributed by atoms with Crippen LogP contribution >= 0.6 is 0 Å². The van der Waals surface area contributed by atoms with Gasteiger partial charge >= 0.3 is 5.97 Å². The molecule has 0 fully saturated rings. The Balaban J connectivity index is 2.31. The maximum Gasteiger partial charge on any atom is 0.326 e. The third-order valence-corrected chi connectivity index (χ3v) is 3.03. The van der Waals surface area contributed by atoms with Gasteiger partial charge in [0, 0.05) is 12.1 Å². The average molecular weight is 219 g/mol.